The molecule has 1 amide bonds. The number of hydrogen-bond donors (Lipinski definition) is 1. The van der Waals surface area contributed by atoms with Gasteiger partial charge in [0, 0.05) is 6.08 Å². The topological polar surface area (TPSA) is 82.5 Å². The summed E-state index contributed by atoms with van der Waals surface area (Å²) in [5.74, 6) is 1.62. The van der Waals surface area contributed by atoms with Crippen LogP contribution in [0.1, 0.15) is 25.2 Å². The Bertz CT molecular complexity index is 1110. The fourth-order valence-electron chi connectivity index (χ4n) is 2.63. The van der Waals surface area contributed by atoms with Gasteiger partial charge in [0.1, 0.15) is 10.7 Å². The Morgan fingerprint density at radius 2 is 2.10 bits per heavy atom. The fourth-order valence-corrected chi connectivity index (χ4v) is 3.43. The summed E-state index contributed by atoms with van der Waals surface area (Å²) in [6.45, 7) is 6.40. The van der Waals surface area contributed by atoms with Gasteiger partial charge in [-0.25, -0.2) is 9.66 Å². The minimum Gasteiger partial charge on any atom is -0.493 e. The number of rotatable bonds is 7. The van der Waals surface area contributed by atoms with E-state index in [0.29, 0.717) is 40.1 Å². The molecule has 0 spiro atoms. The van der Waals surface area contributed by atoms with Crippen LogP contribution in [0.5, 0.6) is 11.5 Å². The summed E-state index contributed by atoms with van der Waals surface area (Å²) < 4.78 is 12.3. The van der Waals surface area contributed by atoms with E-state index < -0.39 is 5.91 Å². The zero-order chi connectivity index (χ0) is 21.0. The minimum absolute atomic E-state index is 0.302. The van der Waals surface area contributed by atoms with Gasteiger partial charge in [-0.2, -0.15) is 0 Å². The predicted molar refractivity (Wildman–Crippen MR) is 115 cm³/mol. The lowest BCUT2D eigenvalue weighted by atomic mass is 10.2. The molecule has 1 aromatic carbocycles. The molecule has 2 aromatic heterocycles. The number of fused-ring (bicyclic) bond motifs is 1. The van der Waals surface area contributed by atoms with Gasteiger partial charge in [-0.3, -0.25) is 15.0 Å². The zero-order valence-electron chi connectivity index (χ0n) is 16.8. The first-order chi connectivity index (χ1) is 13.9. The molecule has 0 saturated carbocycles. The molecule has 0 aliphatic rings. The van der Waals surface area contributed by atoms with Crippen LogP contribution in [0.2, 0.25) is 0 Å². The molecule has 7 nitrogen and oxygen atoms in total. The predicted octanol–water partition coefficient (Wildman–Crippen LogP) is 3.59. The van der Waals surface area contributed by atoms with E-state index in [2.05, 4.69) is 24.3 Å². The normalized spacial score (nSPS) is 11.3. The summed E-state index contributed by atoms with van der Waals surface area (Å²) in [5, 5.41) is 2.28. The van der Waals surface area contributed by atoms with Crippen molar-refractivity contribution in [1.82, 2.24) is 9.66 Å². The summed E-state index contributed by atoms with van der Waals surface area (Å²) in [4.78, 5) is 29.8. The van der Waals surface area contributed by atoms with Gasteiger partial charge in [0.05, 0.1) is 19.1 Å². The maximum atomic E-state index is 12.5. The Hall–Kier alpha value is -3.13. The monoisotopic (exact) mass is 413 g/mol. The summed E-state index contributed by atoms with van der Waals surface area (Å²) in [7, 11) is 1.57. The van der Waals surface area contributed by atoms with E-state index in [1.165, 1.54) is 17.4 Å². The lowest BCUT2D eigenvalue weighted by Crippen LogP contribution is -2.34. The van der Waals surface area contributed by atoms with Gasteiger partial charge in [0.25, 0.3) is 11.5 Å². The molecule has 0 fully saturated rings. The Labute approximate surface area is 172 Å². The molecule has 3 aromatic rings. The standard InChI is InChI=1S/C21H23N3O4S/c1-13(2)12-28-17-7-5-15(11-18(17)27-4)6-8-19(25)23-24-14(3)22-20-16(21(24)26)9-10-29-20/h5-11,13H,12H2,1-4H3,(H,23,25)/b8-6+. The molecular weight excluding hydrogens is 390 g/mol. The third-order valence-corrected chi connectivity index (χ3v) is 4.88. The molecule has 0 atom stereocenters. The number of thiophene rings is 1. The SMILES string of the molecule is COc1cc(/C=C/C(=O)Nn2c(C)nc3sccc3c2=O)ccc1OCC(C)C. The highest BCUT2D eigenvalue weighted by molar-refractivity contribution is 7.16. The lowest BCUT2D eigenvalue weighted by molar-refractivity contribution is -0.112. The minimum atomic E-state index is -0.439. The summed E-state index contributed by atoms with van der Waals surface area (Å²) in [6.07, 6.45) is 2.99. The molecule has 0 unspecified atom stereocenters. The number of methoxy groups -OCH3 is 1. The number of benzene rings is 1. The lowest BCUT2D eigenvalue weighted by Gasteiger charge is -2.13. The second-order valence-electron chi connectivity index (χ2n) is 6.86. The van der Waals surface area contributed by atoms with E-state index in [9.17, 15) is 9.59 Å². The van der Waals surface area contributed by atoms with E-state index in [1.807, 2.05) is 12.1 Å². The van der Waals surface area contributed by atoms with E-state index >= 15 is 0 Å². The van der Waals surface area contributed by atoms with Crippen molar-refractivity contribution in [3.8, 4) is 11.5 Å². The molecule has 2 heterocycles. The van der Waals surface area contributed by atoms with Gasteiger partial charge in [0.2, 0.25) is 0 Å². The second-order valence-corrected chi connectivity index (χ2v) is 7.76. The van der Waals surface area contributed by atoms with E-state index in [4.69, 9.17) is 9.47 Å². The summed E-state index contributed by atoms with van der Waals surface area (Å²) in [5.41, 5.74) is 3.03. The molecule has 0 aliphatic heterocycles. The molecule has 1 N–H and O–H groups in total. The molecule has 0 saturated heterocycles. The van der Waals surface area contributed by atoms with Crippen molar-refractivity contribution in [2.75, 3.05) is 19.1 Å². The van der Waals surface area contributed by atoms with Gasteiger partial charge < -0.3 is 9.47 Å². The van der Waals surface area contributed by atoms with Crippen molar-refractivity contribution in [2.24, 2.45) is 5.92 Å². The highest BCUT2D eigenvalue weighted by atomic mass is 32.1. The smallest absolute Gasteiger partial charge is 0.281 e. The first-order valence-corrected chi connectivity index (χ1v) is 10.0. The molecule has 8 heteroatoms. The van der Waals surface area contributed by atoms with Crippen LogP contribution in [-0.4, -0.2) is 29.3 Å². The zero-order valence-corrected chi connectivity index (χ0v) is 17.6. The average molecular weight is 413 g/mol. The highest BCUT2D eigenvalue weighted by Gasteiger charge is 2.11. The Morgan fingerprint density at radius 3 is 2.83 bits per heavy atom. The van der Waals surface area contributed by atoms with Gasteiger partial charge >= 0.3 is 0 Å². The molecular formula is C21H23N3O4S. The van der Waals surface area contributed by atoms with Crippen LogP contribution in [-0.2, 0) is 4.79 Å². The third-order valence-electron chi connectivity index (χ3n) is 4.07. The van der Waals surface area contributed by atoms with Crippen LogP contribution in [0, 0.1) is 12.8 Å². The van der Waals surface area contributed by atoms with Gasteiger partial charge in [-0.15, -0.1) is 11.3 Å². The van der Waals surface area contributed by atoms with Crippen LogP contribution in [0.4, 0.5) is 0 Å². The fraction of sp³-hybridized carbons (Fsp3) is 0.286. The van der Waals surface area contributed by atoms with Crippen LogP contribution in [0.3, 0.4) is 0 Å². The molecule has 0 aliphatic carbocycles. The first kappa shape index (κ1) is 20.6. The van der Waals surface area contributed by atoms with E-state index in [0.717, 1.165) is 10.2 Å². The van der Waals surface area contributed by atoms with Gasteiger partial charge in [-0.1, -0.05) is 19.9 Å². The number of amides is 1. The van der Waals surface area contributed by atoms with Crippen molar-refractivity contribution < 1.29 is 14.3 Å². The number of carbonyl (C=O) groups is 1. The Kier molecular flexibility index (Phi) is 6.33. The number of nitrogens with one attached hydrogen (secondary N) is 1. The summed E-state index contributed by atoms with van der Waals surface area (Å²) in [6, 6.07) is 7.12. The third kappa shape index (κ3) is 4.83. The molecule has 3 rings (SSSR count). The van der Waals surface area contributed by atoms with Crippen LogP contribution in [0.25, 0.3) is 16.3 Å². The van der Waals surface area contributed by atoms with Crippen molar-refractivity contribution >= 4 is 33.5 Å². The number of aryl methyl sites for hydroxylation is 1. The van der Waals surface area contributed by atoms with Crippen LogP contribution in [0.15, 0.2) is 40.5 Å². The Balaban J connectivity index is 1.75. The number of aromatic nitrogens is 2. The van der Waals surface area contributed by atoms with Crippen molar-refractivity contribution in [3.05, 3.63) is 57.5 Å². The number of nitrogens with zero attached hydrogens (tertiary/aromatic N) is 2. The van der Waals surface area contributed by atoms with E-state index in [1.54, 1.807) is 37.6 Å². The summed E-state index contributed by atoms with van der Waals surface area (Å²) >= 11 is 1.39. The number of carbonyl (C=O) groups excluding carboxylic acids is 1. The highest BCUT2D eigenvalue weighted by Crippen LogP contribution is 2.29. The second kappa shape index (κ2) is 8.91. The quantitative estimate of drug-likeness (QED) is 0.599. The molecule has 29 heavy (non-hydrogen) atoms. The number of hydrogen-bond acceptors (Lipinski definition) is 6. The first-order valence-electron chi connectivity index (χ1n) is 9.15. The number of ether oxygens (including phenoxy) is 2. The van der Waals surface area contributed by atoms with Crippen LogP contribution < -0.4 is 20.5 Å². The maximum Gasteiger partial charge on any atom is 0.281 e. The average Bonchev–Trinajstić information content (AvgIpc) is 3.16. The molecule has 152 valence electrons. The van der Waals surface area contributed by atoms with E-state index in [-0.39, 0.29) is 5.56 Å². The molecule has 0 bridgehead atoms. The Morgan fingerprint density at radius 1 is 1.31 bits per heavy atom. The maximum absolute atomic E-state index is 12.5. The largest absolute Gasteiger partial charge is 0.493 e. The van der Waals surface area contributed by atoms with Crippen LogP contribution >= 0.6 is 11.3 Å². The van der Waals surface area contributed by atoms with Crippen molar-refractivity contribution in [2.45, 2.75) is 20.8 Å². The molecule has 0 radical (unpaired) electrons. The van der Waals surface area contributed by atoms with Crippen molar-refractivity contribution in [1.29, 1.82) is 0 Å². The van der Waals surface area contributed by atoms with Gasteiger partial charge in [-0.05, 0) is 48.1 Å². The van der Waals surface area contributed by atoms with Gasteiger partial charge in [0.15, 0.2) is 11.5 Å². The van der Waals surface area contributed by atoms with Crippen molar-refractivity contribution in [3.63, 3.8) is 0 Å².